The lowest BCUT2D eigenvalue weighted by Crippen LogP contribution is -2.28. The molecule has 1 aromatic carbocycles. The lowest BCUT2D eigenvalue weighted by Gasteiger charge is -2.06. The maximum absolute atomic E-state index is 11.6. The maximum atomic E-state index is 11.6. The number of nitrogens with one attached hydrogen (secondary N) is 2. The van der Waals surface area contributed by atoms with Gasteiger partial charge in [0.05, 0.1) is 12.8 Å². The Bertz CT molecular complexity index is 618. The van der Waals surface area contributed by atoms with Crippen LogP contribution in [0, 0.1) is 0 Å². The van der Waals surface area contributed by atoms with E-state index in [0.29, 0.717) is 12.3 Å². The molecule has 1 heterocycles. The summed E-state index contributed by atoms with van der Waals surface area (Å²) in [4.78, 5) is 15.6. The standard InChI is InChI=1S/C16H20N4O2/c1-2-12-5-7-13(8-6-12)20-16(17)19-11-15(21)18-10-14-4-3-9-22-14/h3-9H,2,10-11H2,1H3,(H,18,21)(H3,17,19,20). The van der Waals surface area contributed by atoms with Crippen LogP contribution in [0.2, 0.25) is 0 Å². The van der Waals surface area contributed by atoms with Gasteiger partial charge in [0.15, 0.2) is 5.96 Å². The number of hydrogen-bond donors (Lipinski definition) is 3. The fourth-order valence-electron chi connectivity index (χ4n) is 1.82. The van der Waals surface area contributed by atoms with Crippen LogP contribution in [-0.4, -0.2) is 18.4 Å². The number of benzene rings is 1. The summed E-state index contributed by atoms with van der Waals surface area (Å²) >= 11 is 0. The Kier molecular flexibility index (Phi) is 5.59. The van der Waals surface area contributed by atoms with Gasteiger partial charge in [-0.05, 0) is 36.2 Å². The Hall–Kier alpha value is -2.76. The molecule has 0 fully saturated rings. The number of carbonyl (C=O) groups is 1. The summed E-state index contributed by atoms with van der Waals surface area (Å²) in [6, 6.07) is 11.5. The first kappa shape index (κ1) is 15.6. The van der Waals surface area contributed by atoms with Gasteiger partial charge in [0.2, 0.25) is 5.91 Å². The average molecular weight is 300 g/mol. The van der Waals surface area contributed by atoms with Crippen molar-refractivity contribution < 1.29 is 9.21 Å². The quantitative estimate of drug-likeness (QED) is 0.561. The Balaban J connectivity index is 1.77. The van der Waals surface area contributed by atoms with E-state index < -0.39 is 0 Å². The summed E-state index contributed by atoms with van der Waals surface area (Å²) in [5, 5.41) is 5.64. The Morgan fingerprint density at radius 2 is 2.05 bits per heavy atom. The van der Waals surface area contributed by atoms with Crippen molar-refractivity contribution in [1.82, 2.24) is 5.32 Å². The molecule has 2 rings (SSSR count). The van der Waals surface area contributed by atoms with Crippen LogP contribution in [-0.2, 0) is 17.8 Å². The molecule has 0 saturated heterocycles. The van der Waals surface area contributed by atoms with Gasteiger partial charge >= 0.3 is 0 Å². The van der Waals surface area contributed by atoms with Crippen molar-refractivity contribution in [1.29, 1.82) is 0 Å². The summed E-state index contributed by atoms with van der Waals surface area (Å²) in [7, 11) is 0. The fraction of sp³-hybridized carbons (Fsp3) is 0.250. The molecule has 6 nitrogen and oxygen atoms in total. The second-order valence-corrected chi connectivity index (χ2v) is 4.73. The molecule has 0 aliphatic heterocycles. The van der Waals surface area contributed by atoms with Crippen molar-refractivity contribution in [2.24, 2.45) is 10.7 Å². The highest BCUT2D eigenvalue weighted by molar-refractivity contribution is 5.93. The van der Waals surface area contributed by atoms with E-state index in [1.165, 1.54) is 5.56 Å². The zero-order valence-corrected chi connectivity index (χ0v) is 12.5. The van der Waals surface area contributed by atoms with E-state index in [1.54, 1.807) is 18.4 Å². The molecule has 1 aromatic heterocycles. The number of guanidine groups is 1. The number of nitrogens with two attached hydrogens (primary N) is 1. The zero-order valence-electron chi connectivity index (χ0n) is 12.5. The van der Waals surface area contributed by atoms with E-state index in [4.69, 9.17) is 10.2 Å². The fourth-order valence-corrected chi connectivity index (χ4v) is 1.82. The molecule has 116 valence electrons. The SMILES string of the molecule is CCc1ccc(NC(N)=NCC(=O)NCc2ccco2)cc1. The second kappa shape index (κ2) is 7.87. The molecular weight excluding hydrogens is 280 g/mol. The molecule has 0 radical (unpaired) electrons. The first-order valence-electron chi connectivity index (χ1n) is 7.12. The Morgan fingerprint density at radius 3 is 2.68 bits per heavy atom. The third kappa shape index (κ3) is 4.97. The number of rotatable bonds is 6. The first-order chi connectivity index (χ1) is 10.7. The molecule has 22 heavy (non-hydrogen) atoms. The van der Waals surface area contributed by atoms with E-state index in [9.17, 15) is 4.79 Å². The Labute approximate surface area is 129 Å². The van der Waals surface area contributed by atoms with Gasteiger partial charge in [0.1, 0.15) is 12.3 Å². The summed E-state index contributed by atoms with van der Waals surface area (Å²) in [6.45, 7) is 2.40. The minimum Gasteiger partial charge on any atom is -0.467 e. The van der Waals surface area contributed by atoms with Gasteiger partial charge in [0.25, 0.3) is 0 Å². The van der Waals surface area contributed by atoms with E-state index in [0.717, 1.165) is 12.1 Å². The predicted molar refractivity (Wildman–Crippen MR) is 86.5 cm³/mol. The highest BCUT2D eigenvalue weighted by Gasteiger charge is 2.02. The van der Waals surface area contributed by atoms with Gasteiger partial charge < -0.3 is 20.8 Å². The third-order valence-electron chi connectivity index (χ3n) is 3.07. The highest BCUT2D eigenvalue weighted by atomic mass is 16.3. The van der Waals surface area contributed by atoms with Crippen LogP contribution in [0.25, 0.3) is 0 Å². The van der Waals surface area contributed by atoms with Crippen LogP contribution >= 0.6 is 0 Å². The average Bonchev–Trinajstić information content (AvgIpc) is 3.05. The number of hydrogen-bond acceptors (Lipinski definition) is 3. The van der Waals surface area contributed by atoms with Gasteiger partial charge in [-0.25, -0.2) is 4.99 Å². The van der Waals surface area contributed by atoms with Crippen LogP contribution in [0.5, 0.6) is 0 Å². The van der Waals surface area contributed by atoms with Gasteiger partial charge in [-0.2, -0.15) is 0 Å². The topological polar surface area (TPSA) is 92.6 Å². The van der Waals surface area contributed by atoms with Crippen molar-refractivity contribution in [2.75, 3.05) is 11.9 Å². The molecule has 0 aliphatic rings. The first-order valence-corrected chi connectivity index (χ1v) is 7.12. The van der Waals surface area contributed by atoms with Gasteiger partial charge in [-0.15, -0.1) is 0 Å². The normalized spacial score (nSPS) is 11.2. The number of furan rings is 1. The molecule has 2 aromatic rings. The van der Waals surface area contributed by atoms with Crippen molar-refractivity contribution in [3.8, 4) is 0 Å². The van der Waals surface area contributed by atoms with Crippen LogP contribution in [0.3, 0.4) is 0 Å². The van der Waals surface area contributed by atoms with Gasteiger partial charge in [0, 0.05) is 5.69 Å². The molecule has 0 aliphatic carbocycles. The molecule has 0 unspecified atom stereocenters. The molecule has 0 spiro atoms. The van der Waals surface area contributed by atoms with Crippen molar-refractivity contribution in [3.05, 3.63) is 54.0 Å². The van der Waals surface area contributed by atoms with Crippen LogP contribution in [0.15, 0.2) is 52.1 Å². The number of nitrogens with zero attached hydrogens (tertiary/aromatic N) is 1. The molecule has 0 atom stereocenters. The number of amides is 1. The summed E-state index contributed by atoms with van der Waals surface area (Å²) in [5.41, 5.74) is 7.85. The van der Waals surface area contributed by atoms with Crippen LogP contribution in [0.4, 0.5) is 5.69 Å². The van der Waals surface area contributed by atoms with Crippen LogP contribution in [0.1, 0.15) is 18.2 Å². The van der Waals surface area contributed by atoms with E-state index in [-0.39, 0.29) is 18.4 Å². The van der Waals surface area contributed by atoms with Crippen LogP contribution < -0.4 is 16.4 Å². The molecular formula is C16H20N4O2. The minimum atomic E-state index is -0.220. The largest absolute Gasteiger partial charge is 0.467 e. The van der Waals surface area contributed by atoms with Crippen molar-refractivity contribution >= 4 is 17.6 Å². The third-order valence-corrected chi connectivity index (χ3v) is 3.07. The maximum Gasteiger partial charge on any atom is 0.242 e. The monoisotopic (exact) mass is 300 g/mol. The minimum absolute atomic E-state index is 0.0351. The summed E-state index contributed by atoms with van der Waals surface area (Å²) in [6.07, 6.45) is 2.55. The number of aliphatic imine (C=N–C) groups is 1. The lowest BCUT2D eigenvalue weighted by molar-refractivity contribution is -0.119. The number of carbonyl (C=O) groups excluding carboxylic acids is 1. The molecule has 0 saturated carbocycles. The lowest BCUT2D eigenvalue weighted by atomic mass is 10.1. The molecule has 6 heteroatoms. The van der Waals surface area contributed by atoms with Gasteiger partial charge in [-0.3, -0.25) is 4.79 Å². The predicted octanol–water partition coefficient (Wildman–Crippen LogP) is 1.88. The summed E-state index contributed by atoms with van der Waals surface area (Å²) in [5.74, 6) is 0.680. The molecule has 1 amide bonds. The van der Waals surface area contributed by atoms with Crippen molar-refractivity contribution in [3.63, 3.8) is 0 Å². The van der Waals surface area contributed by atoms with E-state index >= 15 is 0 Å². The van der Waals surface area contributed by atoms with Crippen molar-refractivity contribution in [2.45, 2.75) is 19.9 Å². The van der Waals surface area contributed by atoms with Gasteiger partial charge in [-0.1, -0.05) is 19.1 Å². The summed E-state index contributed by atoms with van der Waals surface area (Å²) < 4.78 is 5.12. The van der Waals surface area contributed by atoms with E-state index in [2.05, 4.69) is 22.5 Å². The van der Waals surface area contributed by atoms with E-state index in [1.807, 2.05) is 24.3 Å². The zero-order chi connectivity index (χ0) is 15.8. The Morgan fingerprint density at radius 1 is 1.27 bits per heavy atom. The second-order valence-electron chi connectivity index (χ2n) is 4.73. The number of anilines is 1. The number of aryl methyl sites for hydroxylation is 1. The highest BCUT2D eigenvalue weighted by Crippen LogP contribution is 2.09. The molecule has 4 N–H and O–H groups in total. The smallest absolute Gasteiger partial charge is 0.242 e. The molecule has 0 bridgehead atoms.